The number of hydrogen-bond acceptors (Lipinski definition) is 2. The molecule has 0 rings (SSSR count). The molecule has 0 aromatic rings. The monoisotopic (exact) mass is 131 g/mol. The molecule has 0 aromatic heterocycles. The molecule has 1 unspecified atom stereocenters. The van der Waals surface area contributed by atoms with Crippen LogP contribution in [0, 0.1) is 11.8 Å². The smallest absolute Gasteiger partial charge is 0.381 e. The maximum atomic E-state index is 9.67. The van der Waals surface area contributed by atoms with Gasteiger partial charge in [0.05, 0.1) is 6.54 Å². The molecule has 0 bridgehead atoms. The second-order valence-corrected chi connectivity index (χ2v) is 1.40. The summed E-state index contributed by atoms with van der Waals surface area (Å²) in [7, 11) is 2.22. The first-order chi connectivity index (χ1) is 3.77. The lowest BCUT2D eigenvalue weighted by atomic mass is 10.6. The summed E-state index contributed by atoms with van der Waals surface area (Å²) < 4.78 is 0. The van der Waals surface area contributed by atoms with Crippen molar-refractivity contribution >= 4 is 15.4 Å². The average Bonchev–Trinajstić information content (AvgIpc) is 1.66. The van der Waals surface area contributed by atoms with E-state index in [9.17, 15) is 4.79 Å². The zero-order valence-corrected chi connectivity index (χ0v) is 5.29. The second-order valence-electron chi connectivity index (χ2n) is 0.988. The molecule has 0 fully saturated rings. The minimum Gasteiger partial charge on any atom is -0.472 e. The third-order valence-electron chi connectivity index (χ3n) is 0.386. The molecule has 0 amide bonds. The summed E-state index contributed by atoms with van der Waals surface area (Å²) in [5.74, 6) is 3.20. The third-order valence-corrected chi connectivity index (χ3v) is 0.590. The number of carboxylic acid groups (broad SMARTS) is 1. The molecule has 0 spiro atoms. The van der Waals surface area contributed by atoms with E-state index in [1.807, 2.05) is 5.92 Å². The van der Waals surface area contributed by atoms with E-state index in [4.69, 9.17) is 5.11 Å². The summed E-state index contributed by atoms with van der Waals surface area (Å²) in [6.07, 6.45) is 0. The Hall–Kier alpha value is -0.580. The van der Waals surface area contributed by atoms with Crippen LogP contribution in [-0.2, 0) is 4.79 Å². The van der Waals surface area contributed by atoms with Crippen LogP contribution >= 0.6 is 9.39 Å². The SMILES string of the molecule is O=C(O)C#CCNP. The summed E-state index contributed by atoms with van der Waals surface area (Å²) in [4.78, 5) is 9.67. The van der Waals surface area contributed by atoms with Crippen LogP contribution < -0.4 is 5.09 Å². The molecule has 3 nitrogen and oxygen atoms in total. The highest BCUT2D eigenvalue weighted by molar-refractivity contribution is 7.13. The van der Waals surface area contributed by atoms with Crippen molar-refractivity contribution in [2.45, 2.75) is 0 Å². The van der Waals surface area contributed by atoms with Gasteiger partial charge in [-0.2, -0.15) is 0 Å². The fraction of sp³-hybridized carbons (Fsp3) is 0.250. The second kappa shape index (κ2) is 4.58. The van der Waals surface area contributed by atoms with E-state index >= 15 is 0 Å². The molecule has 1 atom stereocenters. The van der Waals surface area contributed by atoms with Crippen molar-refractivity contribution in [3.05, 3.63) is 0 Å². The van der Waals surface area contributed by atoms with Crippen molar-refractivity contribution in [3.63, 3.8) is 0 Å². The molecule has 44 valence electrons. The van der Waals surface area contributed by atoms with Crippen LogP contribution in [0.5, 0.6) is 0 Å². The van der Waals surface area contributed by atoms with E-state index in [1.165, 1.54) is 0 Å². The molecule has 0 aliphatic heterocycles. The van der Waals surface area contributed by atoms with E-state index in [-0.39, 0.29) is 0 Å². The van der Waals surface area contributed by atoms with Crippen molar-refractivity contribution in [3.8, 4) is 11.8 Å². The van der Waals surface area contributed by atoms with Gasteiger partial charge in [-0.15, -0.1) is 0 Å². The van der Waals surface area contributed by atoms with Gasteiger partial charge in [0.2, 0.25) is 0 Å². The van der Waals surface area contributed by atoms with Crippen LogP contribution in [0.1, 0.15) is 0 Å². The van der Waals surface area contributed by atoms with Gasteiger partial charge >= 0.3 is 5.97 Å². The lowest BCUT2D eigenvalue weighted by Gasteiger charge is -1.78. The van der Waals surface area contributed by atoms with Crippen LogP contribution in [0.15, 0.2) is 0 Å². The highest BCUT2D eigenvalue weighted by Gasteiger charge is 1.79. The number of hydrogen-bond donors (Lipinski definition) is 2. The van der Waals surface area contributed by atoms with E-state index in [2.05, 4.69) is 20.4 Å². The predicted octanol–water partition coefficient (Wildman–Crippen LogP) is -0.546. The Morgan fingerprint density at radius 2 is 2.50 bits per heavy atom. The average molecular weight is 131 g/mol. The third kappa shape index (κ3) is 5.42. The highest BCUT2D eigenvalue weighted by Crippen LogP contribution is 1.63. The zero-order chi connectivity index (χ0) is 6.41. The Kier molecular flexibility index (Phi) is 4.24. The lowest BCUT2D eigenvalue weighted by Crippen LogP contribution is -1.97. The summed E-state index contributed by atoms with van der Waals surface area (Å²) in [5, 5.41) is 10.5. The first-order valence-corrected chi connectivity index (χ1v) is 2.50. The van der Waals surface area contributed by atoms with E-state index in [0.29, 0.717) is 6.54 Å². The summed E-state index contributed by atoms with van der Waals surface area (Å²) in [6.45, 7) is 0.386. The maximum Gasteiger partial charge on any atom is 0.381 e. The lowest BCUT2D eigenvalue weighted by molar-refractivity contribution is -0.130. The van der Waals surface area contributed by atoms with E-state index in [1.54, 1.807) is 0 Å². The molecule has 0 radical (unpaired) electrons. The molecule has 0 saturated heterocycles. The van der Waals surface area contributed by atoms with Crippen LogP contribution in [0.4, 0.5) is 0 Å². The van der Waals surface area contributed by atoms with Crippen LogP contribution in [0.2, 0.25) is 0 Å². The quantitative estimate of drug-likeness (QED) is 0.371. The summed E-state index contributed by atoms with van der Waals surface area (Å²) >= 11 is 0. The fourth-order valence-electron chi connectivity index (χ4n) is 0.171. The van der Waals surface area contributed by atoms with Crippen molar-refractivity contribution in [1.82, 2.24) is 5.09 Å². The van der Waals surface area contributed by atoms with Gasteiger partial charge in [-0.1, -0.05) is 15.3 Å². The van der Waals surface area contributed by atoms with Crippen LogP contribution in [0.25, 0.3) is 0 Å². The molecular formula is C4H6NO2P. The van der Waals surface area contributed by atoms with Gasteiger partial charge < -0.3 is 5.11 Å². The maximum absolute atomic E-state index is 9.67. The van der Waals surface area contributed by atoms with Gasteiger partial charge in [0, 0.05) is 5.92 Å². The number of carboxylic acids is 1. The van der Waals surface area contributed by atoms with Gasteiger partial charge in [0.1, 0.15) is 0 Å². The van der Waals surface area contributed by atoms with Gasteiger partial charge in [0.15, 0.2) is 0 Å². The van der Waals surface area contributed by atoms with Gasteiger partial charge in [0.25, 0.3) is 0 Å². The number of nitrogens with one attached hydrogen (secondary N) is 1. The van der Waals surface area contributed by atoms with Gasteiger partial charge in [-0.05, 0) is 0 Å². The standard InChI is InChI=1S/C4H6NO2P/c6-4(7)2-1-3-5-8/h5H,3,8H2,(H,6,7). The van der Waals surface area contributed by atoms with E-state index in [0.717, 1.165) is 0 Å². The molecule has 0 aliphatic rings. The van der Waals surface area contributed by atoms with Gasteiger partial charge in [-0.3, -0.25) is 5.09 Å². The summed E-state index contributed by atoms with van der Waals surface area (Å²) in [5.41, 5.74) is 0. The first-order valence-electron chi connectivity index (χ1n) is 1.92. The Balaban J connectivity index is 3.35. The topological polar surface area (TPSA) is 49.3 Å². The molecular weight excluding hydrogens is 125 g/mol. The summed E-state index contributed by atoms with van der Waals surface area (Å²) in [6, 6.07) is 0. The minimum atomic E-state index is -1.09. The molecule has 0 aromatic carbocycles. The van der Waals surface area contributed by atoms with Crippen molar-refractivity contribution in [2.24, 2.45) is 0 Å². The Morgan fingerprint density at radius 3 is 2.88 bits per heavy atom. The van der Waals surface area contributed by atoms with Crippen molar-refractivity contribution in [2.75, 3.05) is 6.54 Å². The zero-order valence-electron chi connectivity index (χ0n) is 4.14. The molecule has 8 heavy (non-hydrogen) atoms. The Bertz CT molecular complexity index is 135. The number of aliphatic carboxylic acids is 1. The van der Waals surface area contributed by atoms with Gasteiger partial charge in [-0.25, -0.2) is 4.79 Å². The Labute approximate surface area is 49.7 Å². The normalized spacial score (nSPS) is 7.12. The predicted molar refractivity (Wildman–Crippen MR) is 33.1 cm³/mol. The number of rotatable bonds is 1. The molecule has 0 aliphatic carbocycles. The largest absolute Gasteiger partial charge is 0.472 e. The fourth-order valence-corrected chi connectivity index (χ4v) is 0.273. The minimum absolute atomic E-state index is 0.386. The molecule has 2 N–H and O–H groups in total. The number of carbonyl (C=O) groups is 1. The first kappa shape index (κ1) is 7.42. The van der Waals surface area contributed by atoms with Crippen molar-refractivity contribution in [1.29, 1.82) is 0 Å². The van der Waals surface area contributed by atoms with Crippen molar-refractivity contribution < 1.29 is 9.90 Å². The van der Waals surface area contributed by atoms with Crippen LogP contribution in [0.3, 0.4) is 0 Å². The molecule has 0 saturated carbocycles. The Morgan fingerprint density at radius 1 is 1.88 bits per heavy atom. The molecule has 0 heterocycles. The van der Waals surface area contributed by atoms with E-state index < -0.39 is 5.97 Å². The molecule has 4 heteroatoms. The van der Waals surface area contributed by atoms with Crippen LogP contribution in [-0.4, -0.2) is 17.6 Å². The highest BCUT2D eigenvalue weighted by atomic mass is 31.0.